The molecule has 26 heavy (non-hydrogen) atoms. The van der Waals surface area contributed by atoms with E-state index >= 15 is 0 Å². The Morgan fingerprint density at radius 2 is 1.81 bits per heavy atom. The van der Waals surface area contributed by atoms with Gasteiger partial charge in [0.2, 0.25) is 5.91 Å². The van der Waals surface area contributed by atoms with Crippen molar-refractivity contribution in [1.82, 2.24) is 15.1 Å². The molecule has 3 rings (SSSR count). The van der Waals surface area contributed by atoms with Crippen molar-refractivity contribution in [3.05, 3.63) is 52.7 Å². The van der Waals surface area contributed by atoms with Gasteiger partial charge in [-0.2, -0.15) is 0 Å². The van der Waals surface area contributed by atoms with Crippen LogP contribution in [-0.2, 0) is 4.79 Å². The molecule has 0 saturated carbocycles. The van der Waals surface area contributed by atoms with Crippen LogP contribution in [0.25, 0.3) is 0 Å². The average molecular weight is 373 g/mol. The zero-order chi connectivity index (χ0) is 18.2. The van der Waals surface area contributed by atoms with Gasteiger partial charge in [-0.25, -0.2) is 0 Å². The zero-order valence-corrected chi connectivity index (χ0v) is 15.4. The molecule has 1 saturated heterocycles. The number of piperazine rings is 1. The van der Waals surface area contributed by atoms with Crippen LogP contribution in [-0.4, -0.2) is 67.5 Å². The molecule has 0 unspecified atom stereocenters. The molecule has 2 amide bonds. The molecule has 1 aliphatic heterocycles. The summed E-state index contributed by atoms with van der Waals surface area (Å²) >= 11 is 1.46. The number of hydrogen-bond donors (Lipinski definition) is 1. The first-order valence-corrected chi connectivity index (χ1v) is 9.60. The van der Waals surface area contributed by atoms with Crippen LogP contribution in [0, 0.1) is 0 Å². The second kappa shape index (κ2) is 9.35. The molecule has 2 aromatic rings. The molecule has 0 atom stereocenters. The fraction of sp³-hybridized carbons (Fsp3) is 0.368. The molecule has 0 spiro atoms. The van der Waals surface area contributed by atoms with Crippen molar-refractivity contribution in [1.29, 1.82) is 0 Å². The third-order valence-corrected chi connectivity index (χ3v) is 5.05. The van der Waals surface area contributed by atoms with Gasteiger partial charge in [0, 0.05) is 26.2 Å². The van der Waals surface area contributed by atoms with Gasteiger partial charge in [-0.15, -0.1) is 11.3 Å². The fourth-order valence-electron chi connectivity index (χ4n) is 2.80. The van der Waals surface area contributed by atoms with E-state index in [4.69, 9.17) is 4.74 Å². The minimum absolute atomic E-state index is 0.0142. The highest BCUT2D eigenvalue weighted by Crippen LogP contribution is 2.13. The van der Waals surface area contributed by atoms with E-state index < -0.39 is 0 Å². The Labute approximate surface area is 157 Å². The lowest BCUT2D eigenvalue weighted by molar-refractivity contribution is -0.122. The van der Waals surface area contributed by atoms with E-state index in [0.717, 1.165) is 10.6 Å². The largest absolute Gasteiger partial charge is 0.492 e. The molecular formula is C19H23N3O3S. The van der Waals surface area contributed by atoms with E-state index in [2.05, 4.69) is 10.2 Å². The SMILES string of the molecule is O=C(CN1CCN(C(=O)c2cccs2)CC1)NCCOc1ccccc1. The number of hydrogen-bond acceptors (Lipinski definition) is 5. The van der Waals surface area contributed by atoms with Crippen LogP contribution < -0.4 is 10.1 Å². The summed E-state index contributed by atoms with van der Waals surface area (Å²) in [4.78, 5) is 29.0. The third kappa shape index (κ3) is 5.31. The van der Waals surface area contributed by atoms with Crippen molar-refractivity contribution in [3.63, 3.8) is 0 Å². The number of para-hydroxylation sites is 1. The fourth-order valence-corrected chi connectivity index (χ4v) is 3.49. The standard InChI is InChI=1S/C19H23N3O3S/c23-18(20-8-13-25-16-5-2-1-3-6-16)15-21-9-11-22(12-10-21)19(24)17-7-4-14-26-17/h1-7,14H,8-13,15H2,(H,20,23). The van der Waals surface area contributed by atoms with Gasteiger partial charge in [0.05, 0.1) is 18.0 Å². The number of thiophene rings is 1. The monoisotopic (exact) mass is 373 g/mol. The van der Waals surface area contributed by atoms with Gasteiger partial charge in [-0.3, -0.25) is 14.5 Å². The van der Waals surface area contributed by atoms with Crippen molar-refractivity contribution in [2.45, 2.75) is 0 Å². The van der Waals surface area contributed by atoms with Crippen LogP contribution in [0.1, 0.15) is 9.67 Å². The lowest BCUT2D eigenvalue weighted by atomic mass is 10.3. The summed E-state index contributed by atoms with van der Waals surface area (Å²) in [6, 6.07) is 13.3. The molecule has 0 radical (unpaired) electrons. The van der Waals surface area contributed by atoms with Crippen molar-refractivity contribution < 1.29 is 14.3 Å². The molecule has 1 aromatic carbocycles. The molecule has 2 heterocycles. The quantitative estimate of drug-likeness (QED) is 0.751. The van der Waals surface area contributed by atoms with Crippen molar-refractivity contribution in [2.24, 2.45) is 0 Å². The summed E-state index contributed by atoms with van der Waals surface area (Å²) in [5.74, 6) is 0.870. The maximum absolute atomic E-state index is 12.3. The zero-order valence-electron chi connectivity index (χ0n) is 14.6. The predicted octanol–water partition coefficient (Wildman–Crippen LogP) is 1.70. The Hall–Kier alpha value is -2.38. The van der Waals surface area contributed by atoms with Gasteiger partial charge in [0.1, 0.15) is 12.4 Å². The maximum Gasteiger partial charge on any atom is 0.264 e. The first-order chi connectivity index (χ1) is 12.7. The van der Waals surface area contributed by atoms with Crippen LogP contribution in [0.2, 0.25) is 0 Å². The van der Waals surface area contributed by atoms with Crippen LogP contribution in [0.4, 0.5) is 0 Å². The summed E-state index contributed by atoms with van der Waals surface area (Å²) in [7, 11) is 0. The van der Waals surface area contributed by atoms with Crippen LogP contribution >= 0.6 is 11.3 Å². The molecule has 0 bridgehead atoms. The Balaban J connectivity index is 1.31. The van der Waals surface area contributed by atoms with E-state index in [-0.39, 0.29) is 11.8 Å². The van der Waals surface area contributed by atoms with E-state index in [0.29, 0.717) is 45.9 Å². The molecule has 1 aromatic heterocycles. The number of nitrogens with zero attached hydrogens (tertiary/aromatic N) is 2. The summed E-state index contributed by atoms with van der Waals surface area (Å²) in [5.41, 5.74) is 0. The lowest BCUT2D eigenvalue weighted by Gasteiger charge is -2.34. The molecular weight excluding hydrogens is 350 g/mol. The number of ether oxygens (including phenoxy) is 1. The third-order valence-electron chi connectivity index (χ3n) is 4.19. The number of carbonyl (C=O) groups excluding carboxylic acids is 2. The summed E-state index contributed by atoms with van der Waals surface area (Å²) in [6.07, 6.45) is 0. The van der Waals surface area contributed by atoms with Crippen molar-refractivity contribution in [3.8, 4) is 5.75 Å². The topological polar surface area (TPSA) is 61.9 Å². The van der Waals surface area contributed by atoms with Crippen molar-refractivity contribution in [2.75, 3.05) is 45.9 Å². The highest BCUT2D eigenvalue weighted by molar-refractivity contribution is 7.12. The molecule has 138 valence electrons. The van der Waals surface area contributed by atoms with Crippen LogP contribution in [0.3, 0.4) is 0 Å². The lowest BCUT2D eigenvalue weighted by Crippen LogP contribution is -2.51. The van der Waals surface area contributed by atoms with Crippen molar-refractivity contribution >= 4 is 23.2 Å². The predicted molar refractivity (Wildman–Crippen MR) is 102 cm³/mol. The number of carbonyl (C=O) groups is 2. The smallest absolute Gasteiger partial charge is 0.264 e. The second-order valence-corrected chi connectivity index (χ2v) is 7.00. The molecule has 1 fully saturated rings. The Kier molecular flexibility index (Phi) is 6.62. The maximum atomic E-state index is 12.3. The molecule has 6 nitrogen and oxygen atoms in total. The molecule has 7 heteroatoms. The molecule has 1 aliphatic rings. The van der Waals surface area contributed by atoms with Gasteiger partial charge in [0.15, 0.2) is 0 Å². The Morgan fingerprint density at radius 1 is 1.04 bits per heavy atom. The average Bonchev–Trinajstić information content (AvgIpc) is 3.21. The van der Waals surface area contributed by atoms with Gasteiger partial charge < -0.3 is 15.0 Å². The summed E-state index contributed by atoms with van der Waals surface area (Å²) in [5, 5.41) is 4.78. The summed E-state index contributed by atoms with van der Waals surface area (Å²) in [6.45, 7) is 4.01. The first kappa shape index (κ1) is 18.4. The Bertz CT molecular complexity index is 698. The number of rotatable bonds is 7. The minimum Gasteiger partial charge on any atom is -0.492 e. The first-order valence-electron chi connectivity index (χ1n) is 8.72. The van der Waals surface area contributed by atoms with Gasteiger partial charge in [0.25, 0.3) is 5.91 Å². The van der Waals surface area contributed by atoms with Gasteiger partial charge in [-0.1, -0.05) is 24.3 Å². The minimum atomic E-state index is -0.0142. The van der Waals surface area contributed by atoms with Crippen LogP contribution in [0.5, 0.6) is 5.75 Å². The van der Waals surface area contributed by atoms with E-state index in [1.54, 1.807) is 0 Å². The number of benzene rings is 1. The molecule has 1 N–H and O–H groups in total. The van der Waals surface area contributed by atoms with E-state index in [1.807, 2.05) is 52.7 Å². The van der Waals surface area contributed by atoms with E-state index in [9.17, 15) is 9.59 Å². The highest BCUT2D eigenvalue weighted by atomic mass is 32.1. The number of amides is 2. The summed E-state index contributed by atoms with van der Waals surface area (Å²) < 4.78 is 5.55. The number of nitrogens with one attached hydrogen (secondary N) is 1. The van der Waals surface area contributed by atoms with Gasteiger partial charge in [-0.05, 0) is 23.6 Å². The molecule has 0 aliphatic carbocycles. The van der Waals surface area contributed by atoms with Crippen LogP contribution in [0.15, 0.2) is 47.8 Å². The van der Waals surface area contributed by atoms with E-state index in [1.165, 1.54) is 11.3 Å². The van der Waals surface area contributed by atoms with Gasteiger partial charge >= 0.3 is 0 Å². The highest BCUT2D eigenvalue weighted by Gasteiger charge is 2.23. The normalized spacial score (nSPS) is 14.8. The second-order valence-electron chi connectivity index (χ2n) is 6.06. The Morgan fingerprint density at radius 3 is 2.50 bits per heavy atom.